The quantitative estimate of drug-likeness (QED) is 0.710. The number of anilines is 1. The molecule has 2 nitrogen and oxygen atoms in total. The molecule has 0 heterocycles. The maximum atomic E-state index is 11.3. The van der Waals surface area contributed by atoms with Gasteiger partial charge in [0.15, 0.2) is 0 Å². The second-order valence-electron chi connectivity index (χ2n) is 3.89. The van der Waals surface area contributed by atoms with Gasteiger partial charge in [0, 0.05) is 19.7 Å². The van der Waals surface area contributed by atoms with Crippen LogP contribution in [0.15, 0.2) is 30.9 Å². The van der Waals surface area contributed by atoms with Crippen LogP contribution in [-0.2, 0) is 17.6 Å². The molecule has 1 amide bonds. The highest BCUT2D eigenvalue weighted by atomic mass is 16.2. The fraction of sp³-hybridized carbons (Fsp3) is 0.357. The molecule has 0 aromatic heterocycles. The average molecular weight is 217 g/mol. The van der Waals surface area contributed by atoms with E-state index in [9.17, 15) is 4.79 Å². The molecule has 0 bridgehead atoms. The molecule has 0 aliphatic carbocycles. The highest BCUT2D eigenvalue weighted by molar-refractivity contribution is 5.91. The lowest BCUT2D eigenvalue weighted by atomic mass is 10.0. The van der Waals surface area contributed by atoms with Crippen molar-refractivity contribution in [1.29, 1.82) is 0 Å². The van der Waals surface area contributed by atoms with Crippen molar-refractivity contribution in [1.82, 2.24) is 0 Å². The summed E-state index contributed by atoms with van der Waals surface area (Å²) in [4.78, 5) is 13.0. The summed E-state index contributed by atoms with van der Waals surface area (Å²) in [6.45, 7) is 7.41. The molecular weight excluding hydrogens is 198 g/mol. The summed E-state index contributed by atoms with van der Waals surface area (Å²) in [7, 11) is 1.81. The molecule has 86 valence electrons. The van der Waals surface area contributed by atoms with Gasteiger partial charge < -0.3 is 4.90 Å². The Morgan fingerprint density at radius 1 is 1.50 bits per heavy atom. The highest BCUT2D eigenvalue weighted by Gasteiger charge is 2.09. The van der Waals surface area contributed by atoms with Gasteiger partial charge in [-0.25, -0.2) is 0 Å². The zero-order valence-electron chi connectivity index (χ0n) is 10.3. The molecule has 0 N–H and O–H groups in total. The second kappa shape index (κ2) is 5.50. The lowest BCUT2D eigenvalue weighted by Crippen LogP contribution is -2.24. The summed E-state index contributed by atoms with van der Waals surface area (Å²) >= 11 is 0. The SMILES string of the molecule is C=CCc1ccc(N(C)C(C)=O)c(CC)c1. The zero-order valence-corrected chi connectivity index (χ0v) is 10.3. The van der Waals surface area contributed by atoms with E-state index in [1.165, 1.54) is 11.1 Å². The zero-order chi connectivity index (χ0) is 12.1. The van der Waals surface area contributed by atoms with Gasteiger partial charge in [-0.05, 0) is 30.0 Å². The van der Waals surface area contributed by atoms with Gasteiger partial charge in [0.05, 0.1) is 0 Å². The molecule has 0 aliphatic rings. The molecule has 0 saturated carbocycles. The number of amides is 1. The molecule has 0 unspecified atom stereocenters. The number of hydrogen-bond acceptors (Lipinski definition) is 1. The molecule has 0 saturated heterocycles. The van der Waals surface area contributed by atoms with Crippen molar-refractivity contribution in [3.63, 3.8) is 0 Å². The molecule has 0 aliphatic heterocycles. The Labute approximate surface area is 97.6 Å². The first-order chi connectivity index (χ1) is 7.60. The lowest BCUT2D eigenvalue weighted by Gasteiger charge is -2.19. The summed E-state index contributed by atoms with van der Waals surface area (Å²) in [6, 6.07) is 6.21. The summed E-state index contributed by atoms with van der Waals surface area (Å²) < 4.78 is 0. The topological polar surface area (TPSA) is 20.3 Å². The van der Waals surface area contributed by atoms with Crippen LogP contribution in [0.1, 0.15) is 25.0 Å². The summed E-state index contributed by atoms with van der Waals surface area (Å²) in [5.41, 5.74) is 3.45. The largest absolute Gasteiger partial charge is 0.315 e. The first-order valence-electron chi connectivity index (χ1n) is 5.57. The Balaban J connectivity index is 3.10. The lowest BCUT2D eigenvalue weighted by molar-refractivity contribution is -0.116. The van der Waals surface area contributed by atoms with E-state index in [-0.39, 0.29) is 5.91 Å². The molecule has 0 spiro atoms. The van der Waals surface area contributed by atoms with Crippen molar-refractivity contribution in [2.75, 3.05) is 11.9 Å². The van der Waals surface area contributed by atoms with E-state index in [2.05, 4.69) is 25.6 Å². The molecule has 1 aromatic carbocycles. The molecule has 0 fully saturated rings. The van der Waals surface area contributed by atoms with E-state index < -0.39 is 0 Å². The van der Waals surface area contributed by atoms with E-state index in [0.717, 1.165) is 18.5 Å². The van der Waals surface area contributed by atoms with Crippen molar-refractivity contribution >= 4 is 11.6 Å². The number of carbonyl (C=O) groups is 1. The molecule has 2 heteroatoms. The fourth-order valence-corrected chi connectivity index (χ4v) is 1.71. The number of hydrogen-bond donors (Lipinski definition) is 0. The molecule has 0 atom stereocenters. The van der Waals surface area contributed by atoms with Crippen molar-refractivity contribution in [3.05, 3.63) is 42.0 Å². The number of nitrogens with zero attached hydrogens (tertiary/aromatic N) is 1. The van der Waals surface area contributed by atoms with E-state index in [4.69, 9.17) is 0 Å². The van der Waals surface area contributed by atoms with E-state index in [0.29, 0.717) is 0 Å². The van der Waals surface area contributed by atoms with Gasteiger partial charge in [0.2, 0.25) is 5.91 Å². The van der Waals surface area contributed by atoms with Crippen molar-refractivity contribution < 1.29 is 4.79 Å². The van der Waals surface area contributed by atoms with Gasteiger partial charge in [0.1, 0.15) is 0 Å². The number of aryl methyl sites for hydroxylation is 1. The first kappa shape index (κ1) is 12.5. The third-order valence-electron chi connectivity index (χ3n) is 2.74. The van der Waals surface area contributed by atoms with Crippen LogP contribution in [0.3, 0.4) is 0 Å². The molecular formula is C14H19NO. The van der Waals surface area contributed by atoms with Gasteiger partial charge in [-0.15, -0.1) is 6.58 Å². The number of allylic oxidation sites excluding steroid dienone is 1. The van der Waals surface area contributed by atoms with Crippen LogP contribution in [0.2, 0.25) is 0 Å². The molecule has 1 aromatic rings. The number of benzene rings is 1. The van der Waals surface area contributed by atoms with Crippen LogP contribution in [0.25, 0.3) is 0 Å². The minimum atomic E-state index is 0.0613. The predicted molar refractivity (Wildman–Crippen MR) is 68.8 cm³/mol. The number of carbonyl (C=O) groups excluding carboxylic acids is 1. The Hall–Kier alpha value is -1.57. The van der Waals surface area contributed by atoms with E-state index in [1.807, 2.05) is 19.2 Å². The third-order valence-corrected chi connectivity index (χ3v) is 2.74. The summed E-state index contributed by atoms with van der Waals surface area (Å²) in [5, 5.41) is 0. The maximum absolute atomic E-state index is 11.3. The smallest absolute Gasteiger partial charge is 0.223 e. The fourth-order valence-electron chi connectivity index (χ4n) is 1.71. The second-order valence-corrected chi connectivity index (χ2v) is 3.89. The molecule has 16 heavy (non-hydrogen) atoms. The van der Waals surface area contributed by atoms with Gasteiger partial charge in [-0.2, -0.15) is 0 Å². The van der Waals surface area contributed by atoms with Crippen LogP contribution in [0.4, 0.5) is 5.69 Å². The number of rotatable bonds is 4. The van der Waals surface area contributed by atoms with Gasteiger partial charge in [0.25, 0.3) is 0 Å². The Kier molecular flexibility index (Phi) is 4.29. The first-order valence-corrected chi connectivity index (χ1v) is 5.57. The van der Waals surface area contributed by atoms with E-state index >= 15 is 0 Å². The van der Waals surface area contributed by atoms with Gasteiger partial charge >= 0.3 is 0 Å². The Bertz CT molecular complexity index is 396. The Morgan fingerprint density at radius 3 is 2.69 bits per heavy atom. The van der Waals surface area contributed by atoms with Crippen molar-refractivity contribution in [2.45, 2.75) is 26.7 Å². The summed E-state index contributed by atoms with van der Waals surface area (Å²) in [5.74, 6) is 0.0613. The maximum Gasteiger partial charge on any atom is 0.223 e. The van der Waals surface area contributed by atoms with Crippen molar-refractivity contribution in [3.8, 4) is 0 Å². The minimum absolute atomic E-state index is 0.0613. The van der Waals surface area contributed by atoms with Crippen LogP contribution in [0.5, 0.6) is 0 Å². The van der Waals surface area contributed by atoms with Crippen LogP contribution >= 0.6 is 0 Å². The predicted octanol–water partition coefficient (Wildman–Crippen LogP) is 2.96. The molecule has 1 rings (SSSR count). The van der Waals surface area contributed by atoms with Gasteiger partial charge in [-0.3, -0.25) is 4.79 Å². The third kappa shape index (κ3) is 2.72. The average Bonchev–Trinajstić information content (AvgIpc) is 2.28. The Morgan fingerprint density at radius 2 is 2.19 bits per heavy atom. The minimum Gasteiger partial charge on any atom is -0.315 e. The van der Waals surface area contributed by atoms with E-state index in [1.54, 1.807) is 11.8 Å². The van der Waals surface area contributed by atoms with Gasteiger partial charge in [-0.1, -0.05) is 25.1 Å². The van der Waals surface area contributed by atoms with Crippen LogP contribution in [0, 0.1) is 0 Å². The van der Waals surface area contributed by atoms with Crippen LogP contribution < -0.4 is 4.90 Å². The normalized spacial score (nSPS) is 9.94. The summed E-state index contributed by atoms with van der Waals surface area (Å²) in [6.07, 6.45) is 3.69. The van der Waals surface area contributed by atoms with Crippen molar-refractivity contribution in [2.24, 2.45) is 0 Å². The van der Waals surface area contributed by atoms with Crippen LogP contribution in [-0.4, -0.2) is 13.0 Å². The monoisotopic (exact) mass is 217 g/mol. The molecule has 0 radical (unpaired) electrons. The standard InChI is InChI=1S/C14H19NO/c1-5-7-12-8-9-14(13(6-2)10-12)15(4)11(3)16/h5,8-10H,1,6-7H2,2-4H3. The highest BCUT2D eigenvalue weighted by Crippen LogP contribution is 2.22.